The third-order valence-electron chi connectivity index (χ3n) is 5.09. The number of nitrogens with one attached hydrogen (secondary N) is 3. The highest BCUT2D eigenvalue weighted by Crippen LogP contribution is 2.37. The lowest BCUT2D eigenvalue weighted by atomic mass is 10.1. The molecule has 4 rings (SSSR count). The quantitative estimate of drug-likeness (QED) is 0.683. The molecule has 2 heterocycles. The molecule has 2 aliphatic heterocycles. The van der Waals surface area contributed by atoms with Gasteiger partial charge in [-0.15, -0.1) is 0 Å². The van der Waals surface area contributed by atoms with Crippen LogP contribution in [0.5, 0.6) is 0 Å². The number of nitrogens with zero attached hydrogens (tertiary/aromatic N) is 1. The van der Waals surface area contributed by atoms with Crippen molar-refractivity contribution in [2.24, 2.45) is 0 Å². The lowest BCUT2D eigenvalue weighted by molar-refractivity contribution is -0.139. The van der Waals surface area contributed by atoms with E-state index in [1.165, 1.54) is 18.2 Å². The number of rotatable bonds is 3. The second-order valence-corrected chi connectivity index (χ2v) is 8.79. The van der Waals surface area contributed by atoms with Crippen LogP contribution in [0.4, 0.5) is 30.2 Å². The van der Waals surface area contributed by atoms with E-state index in [4.69, 9.17) is 0 Å². The van der Waals surface area contributed by atoms with Crippen LogP contribution in [-0.4, -0.2) is 40.0 Å². The number of carbonyl (C=O) groups excluding carboxylic acids is 1. The van der Waals surface area contributed by atoms with E-state index in [0.29, 0.717) is 18.8 Å². The predicted octanol–water partition coefficient (Wildman–Crippen LogP) is 2.63. The molecule has 3 N–H and O–H groups in total. The topological polar surface area (TPSA) is 90.5 Å². The summed E-state index contributed by atoms with van der Waals surface area (Å²) in [5.74, 6) is -0.213. The molecule has 0 spiro atoms. The zero-order valence-electron chi connectivity index (χ0n) is 15.7. The van der Waals surface area contributed by atoms with E-state index in [9.17, 15) is 26.4 Å². The number of hydrogen-bond donors (Lipinski definition) is 3. The van der Waals surface area contributed by atoms with E-state index in [1.807, 2.05) is 0 Å². The number of piperazine rings is 1. The average molecular weight is 440 g/mol. The Balaban J connectivity index is 1.68. The van der Waals surface area contributed by atoms with Crippen LogP contribution < -0.4 is 20.3 Å². The summed E-state index contributed by atoms with van der Waals surface area (Å²) >= 11 is 0. The molecule has 1 atom stereocenters. The van der Waals surface area contributed by atoms with Gasteiger partial charge in [0.15, 0.2) is 0 Å². The van der Waals surface area contributed by atoms with Crippen LogP contribution in [0.2, 0.25) is 0 Å². The maximum Gasteiger partial charge on any atom is 0.417 e. The summed E-state index contributed by atoms with van der Waals surface area (Å²) in [5, 5.41) is 5.99. The van der Waals surface area contributed by atoms with Gasteiger partial charge in [0.25, 0.3) is 10.0 Å². The van der Waals surface area contributed by atoms with Gasteiger partial charge in [0.05, 0.1) is 33.6 Å². The van der Waals surface area contributed by atoms with Crippen molar-refractivity contribution in [3.63, 3.8) is 0 Å². The smallest absolute Gasteiger partial charge is 0.364 e. The monoisotopic (exact) mass is 440 g/mol. The van der Waals surface area contributed by atoms with Crippen LogP contribution in [0.3, 0.4) is 0 Å². The number of amides is 1. The Labute approximate surface area is 171 Å². The van der Waals surface area contributed by atoms with E-state index < -0.39 is 26.7 Å². The summed E-state index contributed by atoms with van der Waals surface area (Å²) < 4.78 is 67.3. The molecule has 2 aliphatic rings. The van der Waals surface area contributed by atoms with Gasteiger partial charge in [-0.3, -0.25) is 9.52 Å². The maximum absolute atomic E-state index is 13.2. The molecule has 30 heavy (non-hydrogen) atoms. The van der Waals surface area contributed by atoms with Gasteiger partial charge in [0.1, 0.15) is 0 Å². The minimum atomic E-state index is -4.82. The van der Waals surface area contributed by atoms with Gasteiger partial charge in [-0.25, -0.2) is 8.42 Å². The van der Waals surface area contributed by atoms with Crippen LogP contribution >= 0.6 is 0 Å². The Hall–Kier alpha value is -2.79. The Bertz CT molecular complexity index is 1090. The van der Waals surface area contributed by atoms with Crippen molar-refractivity contribution in [1.82, 2.24) is 5.32 Å². The van der Waals surface area contributed by atoms with Crippen LogP contribution in [0, 0.1) is 0 Å². The number of alkyl halides is 3. The summed E-state index contributed by atoms with van der Waals surface area (Å²) in [7, 11) is -4.51. The minimum Gasteiger partial charge on any atom is -0.364 e. The normalized spacial score (nSPS) is 19.4. The fraction of sp³-hybridized carbons (Fsp3) is 0.316. The van der Waals surface area contributed by atoms with Gasteiger partial charge in [-0.05, 0) is 30.3 Å². The van der Waals surface area contributed by atoms with Crippen molar-refractivity contribution in [3.8, 4) is 0 Å². The second kappa shape index (κ2) is 7.47. The SMILES string of the molecule is O=C1CC2CNCCN2c2ccc(NS(=O)(=O)c3ccccc3C(F)(F)F)cc2N1. The molecule has 1 unspecified atom stereocenters. The molecule has 7 nitrogen and oxygen atoms in total. The van der Waals surface area contributed by atoms with E-state index in [1.54, 1.807) is 6.07 Å². The summed E-state index contributed by atoms with van der Waals surface area (Å²) in [4.78, 5) is 13.5. The van der Waals surface area contributed by atoms with Crippen LogP contribution in [0.1, 0.15) is 12.0 Å². The summed E-state index contributed by atoms with van der Waals surface area (Å²) in [6.07, 6.45) is -4.54. The standard InChI is InChI=1S/C19H19F3N4O3S/c20-19(21,22)14-3-1-2-4-17(14)30(28,29)25-12-5-6-16-15(9-12)24-18(27)10-13-11-23-7-8-26(13)16/h1-6,9,13,23,25H,7-8,10-11H2,(H,24,27). The lowest BCUT2D eigenvalue weighted by Crippen LogP contribution is -2.51. The zero-order valence-corrected chi connectivity index (χ0v) is 16.5. The number of benzene rings is 2. The van der Waals surface area contributed by atoms with Gasteiger partial charge in [0, 0.05) is 26.1 Å². The molecule has 0 bridgehead atoms. The fourth-order valence-corrected chi connectivity index (χ4v) is 5.05. The van der Waals surface area contributed by atoms with E-state index in [-0.39, 0.29) is 24.1 Å². The largest absolute Gasteiger partial charge is 0.417 e. The first-order valence-corrected chi connectivity index (χ1v) is 10.7. The molecule has 2 aromatic carbocycles. The van der Waals surface area contributed by atoms with Crippen LogP contribution in [-0.2, 0) is 21.0 Å². The molecular weight excluding hydrogens is 421 g/mol. The second-order valence-electron chi connectivity index (χ2n) is 7.13. The van der Waals surface area contributed by atoms with Crippen molar-refractivity contribution in [2.75, 3.05) is 34.6 Å². The fourth-order valence-electron chi connectivity index (χ4n) is 3.77. The first kappa shape index (κ1) is 20.5. The molecule has 0 aromatic heterocycles. The summed E-state index contributed by atoms with van der Waals surface area (Å²) in [5.41, 5.74) is -0.0384. The van der Waals surface area contributed by atoms with Gasteiger partial charge in [-0.1, -0.05) is 12.1 Å². The Morgan fingerprint density at radius 1 is 1.13 bits per heavy atom. The maximum atomic E-state index is 13.2. The van der Waals surface area contributed by atoms with Gasteiger partial charge in [-0.2, -0.15) is 13.2 Å². The highest BCUT2D eigenvalue weighted by molar-refractivity contribution is 7.92. The number of fused-ring (bicyclic) bond motifs is 3. The number of sulfonamides is 1. The molecule has 11 heteroatoms. The molecule has 0 saturated carbocycles. The van der Waals surface area contributed by atoms with Crippen molar-refractivity contribution in [1.29, 1.82) is 0 Å². The Morgan fingerprint density at radius 2 is 1.90 bits per heavy atom. The van der Waals surface area contributed by atoms with E-state index in [2.05, 4.69) is 20.3 Å². The van der Waals surface area contributed by atoms with Gasteiger partial charge < -0.3 is 15.5 Å². The van der Waals surface area contributed by atoms with Gasteiger partial charge >= 0.3 is 6.18 Å². The molecule has 1 fully saturated rings. The summed E-state index contributed by atoms with van der Waals surface area (Å²) in [6, 6.07) is 8.51. The molecule has 1 saturated heterocycles. The third kappa shape index (κ3) is 3.94. The van der Waals surface area contributed by atoms with Gasteiger partial charge in [0.2, 0.25) is 5.91 Å². The highest BCUT2D eigenvalue weighted by atomic mass is 32.2. The van der Waals surface area contributed by atoms with Crippen LogP contribution in [0.25, 0.3) is 0 Å². The van der Waals surface area contributed by atoms with Crippen molar-refractivity contribution in [3.05, 3.63) is 48.0 Å². The number of hydrogen-bond acceptors (Lipinski definition) is 5. The number of halogens is 3. The molecular formula is C19H19F3N4O3S. The molecule has 0 aliphatic carbocycles. The van der Waals surface area contributed by atoms with Crippen molar-refractivity contribution in [2.45, 2.75) is 23.5 Å². The predicted molar refractivity (Wildman–Crippen MR) is 106 cm³/mol. The molecule has 2 aromatic rings. The zero-order chi connectivity index (χ0) is 21.5. The van der Waals surface area contributed by atoms with E-state index in [0.717, 1.165) is 30.4 Å². The third-order valence-corrected chi connectivity index (χ3v) is 6.52. The molecule has 0 radical (unpaired) electrons. The van der Waals surface area contributed by atoms with E-state index >= 15 is 0 Å². The summed E-state index contributed by atoms with van der Waals surface area (Å²) in [6.45, 7) is 2.07. The number of anilines is 3. The van der Waals surface area contributed by atoms with Crippen molar-refractivity contribution < 1.29 is 26.4 Å². The van der Waals surface area contributed by atoms with Crippen LogP contribution in [0.15, 0.2) is 47.4 Å². The molecule has 160 valence electrons. The number of carbonyl (C=O) groups is 1. The lowest BCUT2D eigenvalue weighted by Gasteiger charge is -2.36. The Morgan fingerprint density at radius 3 is 2.67 bits per heavy atom. The first-order valence-electron chi connectivity index (χ1n) is 9.25. The highest BCUT2D eigenvalue weighted by Gasteiger charge is 2.37. The minimum absolute atomic E-state index is 0.0267. The average Bonchev–Trinajstić information content (AvgIpc) is 2.81. The molecule has 1 amide bonds. The van der Waals surface area contributed by atoms with Crippen molar-refractivity contribution >= 4 is 33.0 Å². The first-order chi connectivity index (χ1) is 14.1. The Kier molecular flexibility index (Phi) is 5.10.